The minimum absolute atomic E-state index is 0.0693. The molecule has 0 aliphatic rings. The first kappa shape index (κ1) is 18.8. The van der Waals surface area contributed by atoms with E-state index in [2.05, 4.69) is 10.3 Å². The Labute approximate surface area is 161 Å². The number of benzene rings is 2. The number of methoxy groups -OCH3 is 1. The summed E-state index contributed by atoms with van der Waals surface area (Å²) in [5.41, 5.74) is 1.20. The topological polar surface area (TPSA) is 80.4 Å². The lowest BCUT2D eigenvalue weighted by atomic mass is 10.1. The van der Waals surface area contributed by atoms with E-state index >= 15 is 0 Å². The zero-order valence-corrected chi connectivity index (χ0v) is 15.7. The van der Waals surface area contributed by atoms with Gasteiger partial charge in [0.2, 0.25) is 0 Å². The summed E-state index contributed by atoms with van der Waals surface area (Å²) in [6.07, 6.45) is 0. The number of carbonyl (C=O) groups excluding carboxylic acids is 1. The summed E-state index contributed by atoms with van der Waals surface area (Å²) in [4.78, 5) is 27.6. The number of nitrogens with one attached hydrogen (secondary N) is 2. The summed E-state index contributed by atoms with van der Waals surface area (Å²) in [6, 6.07) is 12.7. The number of aromatic amines is 1. The van der Waals surface area contributed by atoms with E-state index in [4.69, 9.17) is 21.1 Å². The van der Waals surface area contributed by atoms with Crippen LogP contribution in [0.2, 0.25) is 5.02 Å². The van der Waals surface area contributed by atoms with Crippen LogP contribution in [0.25, 0.3) is 10.9 Å². The lowest BCUT2D eigenvalue weighted by Gasteiger charge is -2.15. The molecule has 0 bridgehead atoms. The van der Waals surface area contributed by atoms with E-state index in [1.165, 1.54) is 0 Å². The molecule has 0 unspecified atom stereocenters. The summed E-state index contributed by atoms with van der Waals surface area (Å²) < 4.78 is 10.2. The van der Waals surface area contributed by atoms with E-state index in [-0.39, 0.29) is 12.2 Å². The van der Waals surface area contributed by atoms with Crippen molar-refractivity contribution in [1.82, 2.24) is 4.98 Å². The molecule has 2 aromatic carbocycles. The maximum absolute atomic E-state index is 12.5. The number of hydrogen-bond acceptors (Lipinski definition) is 5. The van der Waals surface area contributed by atoms with E-state index in [1.807, 2.05) is 24.3 Å². The van der Waals surface area contributed by atoms with Gasteiger partial charge in [-0.3, -0.25) is 4.79 Å². The van der Waals surface area contributed by atoms with Gasteiger partial charge in [-0.1, -0.05) is 35.9 Å². The first-order valence-corrected chi connectivity index (χ1v) is 8.81. The van der Waals surface area contributed by atoms with Crippen molar-refractivity contribution in [2.75, 3.05) is 19.0 Å². The molecular formula is C20H19ClN2O4. The average Bonchev–Trinajstić information content (AvgIpc) is 2.67. The predicted molar refractivity (Wildman–Crippen MR) is 106 cm³/mol. The smallest absolute Gasteiger partial charge is 0.345 e. The number of para-hydroxylation sites is 1. The molecule has 0 fully saturated rings. The molecule has 0 amide bonds. The quantitative estimate of drug-likeness (QED) is 0.626. The van der Waals surface area contributed by atoms with Crippen molar-refractivity contribution in [2.24, 2.45) is 0 Å². The van der Waals surface area contributed by atoms with Crippen LogP contribution in [0.15, 0.2) is 47.3 Å². The van der Waals surface area contributed by atoms with Gasteiger partial charge in [0, 0.05) is 11.9 Å². The first-order valence-electron chi connectivity index (χ1n) is 8.43. The number of anilines is 1. The molecule has 0 spiro atoms. The molecule has 7 heteroatoms. The van der Waals surface area contributed by atoms with Gasteiger partial charge in [0.05, 0.1) is 29.9 Å². The monoisotopic (exact) mass is 386 g/mol. The summed E-state index contributed by atoms with van der Waals surface area (Å²) in [5, 5.41) is 4.23. The molecule has 0 saturated carbocycles. The number of halogens is 1. The Morgan fingerprint density at radius 3 is 2.59 bits per heavy atom. The van der Waals surface area contributed by atoms with Crippen LogP contribution in [-0.4, -0.2) is 24.7 Å². The minimum atomic E-state index is -0.683. The number of hydrogen-bond donors (Lipinski definition) is 2. The zero-order chi connectivity index (χ0) is 19.4. The molecule has 1 heterocycles. The second kappa shape index (κ2) is 8.14. The van der Waals surface area contributed by atoms with Crippen LogP contribution in [0.4, 0.5) is 5.69 Å². The van der Waals surface area contributed by atoms with Gasteiger partial charge in [0.15, 0.2) is 0 Å². The fourth-order valence-electron chi connectivity index (χ4n) is 2.80. The van der Waals surface area contributed by atoms with Crippen LogP contribution in [-0.2, 0) is 11.3 Å². The number of pyridine rings is 1. The molecule has 27 heavy (non-hydrogen) atoms. The van der Waals surface area contributed by atoms with E-state index in [9.17, 15) is 9.59 Å². The molecule has 140 valence electrons. The largest absolute Gasteiger partial charge is 0.497 e. The molecule has 0 radical (unpaired) electrons. The number of rotatable bonds is 6. The Balaban J connectivity index is 2.06. The van der Waals surface area contributed by atoms with Crippen molar-refractivity contribution in [1.29, 1.82) is 0 Å². The summed E-state index contributed by atoms with van der Waals surface area (Å²) >= 11 is 6.22. The lowest BCUT2D eigenvalue weighted by Crippen LogP contribution is -2.23. The molecule has 1 aromatic heterocycles. The first-order chi connectivity index (χ1) is 13.0. The van der Waals surface area contributed by atoms with Crippen molar-refractivity contribution < 1.29 is 14.3 Å². The van der Waals surface area contributed by atoms with Crippen LogP contribution in [0.3, 0.4) is 0 Å². The van der Waals surface area contributed by atoms with Gasteiger partial charge in [-0.25, -0.2) is 4.79 Å². The lowest BCUT2D eigenvalue weighted by molar-refractivity contribution is 0.0525. The van der Waals surface area contributed by atoms with Crippen LogP contribution >= 0.6 is 11.6 Å². The molecule has 0 aliphatic carbocycles. The third kappa shape index (κ3) is 3.90. The van der Waals surface area contributed by atoms with Gasteiger partial charge in [-0.15, -0.1) is 0 Å². The van der Waals surface area contributed by atoms with Crippen molar-refractivity contribution in [3.8, 4) is 5.75 Å². The zero-order valence-electron chi connectivity index (χ0n) is 15.0. The highest BCUT2D eigenvalue weighted by Crippen LogP contribution is 2.29. The number of esters is 1. The van der Waals surface area contributed by atoms with Crippen LogP contribution < -0.4 is 15.6 Å². The molecular weight excluding hydrogens is 368 g/mol. The number of ether oxygens (including phenoxy) is 2. The Morgan fingerprint density at radius 1 is 1.19 bits per heavy atom. The molecule has 2 N–H and O–H groups in total. The van der Waals surface area contributed by atoms with Crippen molar-refractivity contribution >= 4 is 34.2 Å². The fourth-order valence-corrected chi connectivity index (χ4v) is 3.02. The van der Waals surface area contributed by atoms with E-state index in [0.717, 1.165) is 11.3 Å². The molecule has 3 rings (SSSR count). The van der Waals surface area contributed by atoms with E-state index in [0.29, 0.717) is 28.2 Å². The molecule has 0 atom stereocenters. The summed E-state index contributed by atoms with van der Waals surface area (Å²) in [5.74, 6) is 0.0669. The highest BCUT2D eigenvalue weighted by Gasteiger charge is 2.21. The van der Waals surface area contributed by atoms with Gasteiger partial charge in [-0.05, 0) is 30.7 Å². The Bertz CT molecular complexity index is 1030. The third-order valence-corrected chi connectivity index (χ3v) is 4.42. The summed E-state index contributed by atoms with van der Waals surface area (Å²) in [7, 11) is 1.60. The van der Waals surface area contributed by atoms with Gasteiger partial charge in [-0.2, -0.15) is 0 Å². The fraction of sp³-hybridized carbons (Fsp3) is 0.200. The molecule has 0 saturated heterocycles. The standard InChI is InChI=1S/C20H19ClN2O4/c1-3-27-20(25)16-18(22-11-12-7-9-13(26-2)10-8-12)14-5-4-6-15(21)17(14)23-19(16)24/h4-10H,3,11H2,1-2H3,(H2,22,23,24). The Kier molecular flexibility index (Phi) is 5.66. The van der Waals surface area contributed by atoms with E-state index < -0.39 is 11.5 Å². The Hall–Kier alpha value is -2.99. The molecule has 0 aliphatic heterocycles. The number of aromatic nitrogens is 1. The molecule has 3 aromatic rings. The number of H-pyrrole nitrogens is 1. The summed E-state index contributed by atoms with van der Waals surface area (Å²) in [6.45, 7) is 2.26. The van der Waals surface area contributed by atoms with Crippen molar-refractivity contribution in [2.45, 2.75) is 13.5 Å². The second-order valence-corrected chi connectivity index (χ2v) is 6.20. The van der Waals surface area contributed by atoms with Crippen molar-refractivity contribution in [3.63, 3.8) is 0 Å². The maximum Gasteiger partial charge on any atom is 0.345 e. The highest BCUT2D eigenvalue weighted by molar-refractivity contribution is 6.35. The van der Waals surface area contributed by atoms with Gasteiger partial charge < -0.3 is 19.8 Å². The SMILES string of the molecule is CCOC(=O)c1c(NCc2ccc(OC)cc2)c2cccc(Cl)c2[nH]c1=O. The third-order valence-electron chi connectivity index (χ3n) is 4.11. The minimum Gasteiger partial charge on any atom is -0.497 e. The van der Waals surface area contributed by atoms with Crippen LogP contribution in [0, 0.1) is 0 Å². The molecule has 6 nitrogen and oxygen atoms in total. The highest BCUT2D eigenvalue weighted by atomic mass is 35.5. The maximum atomic E-state index is 12.5. The number of carbonyl (C=O) groups is 1. The van der Waals surface area contributed by atoms with Crippen molar-refractivity contribution in [3.05, 3.63) is 69.0 Å². The van der Waals surface area contributed by atoms with E-state index in [1.54, 1.807) is 32.2 Å². The normalized spacial score (nSPS) is 10.6. The average molecular weight is 387 g/mol. The van der Waals surface area contributed by atoms with Gasteiger partial charge in [0.25, 0.3) is 5.56 Å². The predicted octanol–water partition coefficient (Wildman–Crippen LogP) is 3.98. The van der Waals surface area contributed by atoms with Crippen LogP contribution in [0.1, 0.15) is 22.8 Å². The van der Waals surface area contributed by atoms with Gasteiger partial charge >= 0.3 is 5.97 Å². The number of fused-ring (bicyclic) bond motifs is 1. The van der Waals surface area contributed by atoms with Gasteiger partial charge in [0.1, 0.15) is 11.3 Å². The second-order valence-electron chi connectivity index (χ2n) is 5.79. The van der Waals surface area contributed by atoms with Crippen LogP contribution in [0.5, 0.6) is 5.75 Å². The Morgan fingerprint density at radius 2 is 1.93 bits per heavy atom.